The molecule has 3 rings (SSSR count). The van der Waals surface area contributed by atoms with E-state index < -0.39 is 11.7 Å². The summed E-state index contributed by atoms with van der Waals surface area (Å²) in [6, 6.07) is 9.28. The number of alkyl halides is 3. The zero-order valence-corrected chi connectivity index (χ0v) is 16.4. The van der Waals surface area contributed by atoms with E-state index >= 15 is 0 Å². The van der Waals surface area contributed by atoms with Gasteiger partial charge in [-0.2, -0.15) is 13.2 Å². The largest absolute Gasteiger partial charge is 0.416 e. The smallest absolute Gasteiger partial charge is 0.342 e. The lowest BCUT2D eigenvalue weighted by molar-refractivity contribution is -0.137. The summed E-state index contributed by atoms with van der Waals surface area (Å²) in [6.07, 6.45) is -2.88. The quantitative estimate of drug-likeness (QED) is 0.738. The predicted octanol–water partition coefficient (Wildman–Crippen LogP) is 4.97. The van der Waals surface area contributed by atoms with E-state index in [1.165, 1.54) is 12.1 Å². The summed E-state index contributed by atoms with van der Waals surface area (Å²) >= 11 is 0. The van der Waals surface area contributed by atoms with Gasteiger partial charge < -0.3 is 4.90 Å². The maximum Gasteiger partial charge on any atom is 0.416 e. The summed E-state index contributed by atoms with van der Waals surface area (Å²) in [4.78, 5) is 18.8. The molecule has 2 aromatic rings. The summed E-state index contributed by atoms with van der Waals surface area (Å²) in [6.45, 7) is 7.15. The number of halogens is 3. The van der Waals surface area contributed by atoms with Gasteiger partial charge in [0.25, 0.3) is 0 Å². The van der Waals surface area contributed by atoms with Crippen molar-refractivity contribution in [1.82, 2.24) is 9.88 Å². The lowest BCUT2D eigenvalue weighted by Crippen LogP contribution is -2.32. The molecule has 0 N–H and O–H groups in total. The summed E-state index contributed by atoms with van der Waals surface area (Å²) in [7, 11) is 0. The molecule has 0 aliphatic carbocycles. The van der Waals surface area contributed by atoms with Gasteiger partial charge in [-0.05, 0) is 55.2 Å². The van der Waals surface area contributed by atoms with Crippen molar-refractivity contribution < 1.29 is 18.0 Å². The van der Waals surface area contributed by atoms with Gasteiger partial charge in [0.05, 0.1) is 5.56 Å². The second-order valence-electron chi connectivity index (χ2n) is 7.84. The van der Waals surface area contributed by atoms with Crippen LogP contribution in [0, 0.1) is 12.8 Å². The van der Waals surface area contributed by atoms with E-state index in [0.29, 0.717) is 13.0 Å². The van der Waals surface area contributed by atoms with Gasteiger partial charge >= 0.3 is 6.18 Å². The van der Waals surface area contributed by atoms with E-state index in [1.54, 1.807) is 0 Å². The monoisotopic (exact) mass is 390 g/mol. The van der Waals surface area contributed by atoms with Crippen molar-refractivity contribution in [2.75, 3.05) is 13.1 Å². The first-order valence-electron chi connectivity index (χ1n) is 9.56. The number of benzene rings is 1. The number of carbonyl (C=O) groups is 1. The van der Waals surface area contributed by atoms with Crippen molar-refractivity contribution in [3.63, 3.8) is 0 Å². The lowest BCUT2D eigenvalue weighted by Gasteiger charge is -2.19. The second-order valence-corrected chi connectivity index (χ2v) is 7.84. The normalized spacial score (nSPS) is 17.4. The van der Waals surface area contributed by atoms with Crippen LogP contribution in [-0.4, -0.2) is 28.9 Å². The molecule has 0 radical (unpaired) electrons. The molecule has 1 atom stereocenters. The van der Waals surface area contributed by atoms with Crippen LogP contribution in [0.3, 0.4) is 0 Å². The molecule has 0 spiro atoms. The third kappa shape index (κ3) is 4.72. The summed E-state index contributed by atoms with van der Waals surface area (Å²) in [5.74, 6) is 0.355. The average Bonchev–Trinajstić information content (AvgIpc) is 3.10. The van der Waals surface area contributed by atoms with Crippen molar-refractivity contribution in [3.05, 3.63) is 64.5 Å². The van der Waals surface area contributed by atoms with Crippen molar-refractivity contribution in [2.45, 2.75) is 45.7 Å². The van der Waals surface area contributed by atoms with Crippen LogP contribution in [0.4, 0.5) is 13.2 Å². The van der Waals surface area contributed by atoms with Crippen LogP contribution in [0.5, 0.6) is 0 Å². The van der Waals surface area contributed by atoms with Crippen molar-refractivity contribution >= 4 is 5.91 Å². The Bertz CT molecular complexity index is 844. The Morgan fingerprint density at radius 3 is 2.46 bits per heavy atom. The molecule has 2 heterocycles. The molecular weight excluding hydrogens is 365 g/mol. The van der Waals surface area contributed by atoms with Crippen LogP contribution in [0.1, 0.15) is 54.3 Å². The van der Waals surface area contributed by atoms with Crippen molar-refractivity contribution in [3.8, 4) is 0 Å². The summed E-state index contributed by atoms with van der Waals surface area (Å²) in [5, 5.41) is 0. The fourth-order valence-corrected chi connectivity index (χ4v) is 3.69. The molecule has 0 bridgehead atoms. The van der Waals surface area contributed by atoms with Crippen molar-refractivity contribution in [1.29, 1.82) is 0 Å². The Labute approximate surface area is 163 Å². The fraction of sp³-hybridized carbons (Fsp3) is 0.455. The van der Waals surface area contributed by atoms with Crippen LogP contribution >= 0.6 is 0 Å². The number of amides is 1. The molecule has 1 fully saturated rings. The van der Waals surface area contributed by atoms with Gasteiger partial charge in [0.15, 0.2) is 0 Å². The number of rotatable bonds is 4. The molecule has 1 aromatic heterocycles. The minimum atomic E-state index is -4.32. The summed E-state index contributed by atoms with van der Waals surface area (Å²) < 4.78 is 38.2. The zero-order valence-electron chi connectivity index (χ0n) is 16.4. The molecule has 1 aromatic carbocycles. The third-order valence-corrected chi connectivity index (χ3v) is 5.13. The van der Waals surface area contributed by atoms with Gasteiger partial charge in [-0.15, -0.1) is 0 Å². The number of nitrogens with zero attached hydrogens (tertiary/aromatic N) is 2. The Hall–Kier alpha value is -2.37. The first-order valence-corrected chi connectivity index (χ1v) is 9.56. The van der Waals surface area contributed by atoms with Crippen LogP contribution < -0.4 is 0 Å². The van der Waals surface area contributed by atoms with Crippen LogP contribution in [-0.2, 0) is 17.4 Å². The molecule has 3 nitrogen and oxygen atoms in total. The van der Waals surface area contributed by atoms with E-state index in [1.807, 2.05) is 37.8 Å². The molecule has 1 unspecified atom stereocenters. The SMILES string of the molecule is Cc1cc(Cc2ccc(C(F)(F)F)cc2)cc(C2CCN(C(=O)C(C)C)C2)n1. The molecule has 1 amide bonds. The minimum absolute atomic E-state index is 0.0144. The topological polar surface area (TPSA) is 33.2 Å². The molecule has 1 saturated heterocycles. The number of aryl methyl sites for hydroxylation is 1. The van der Waals surface area contributed by atoms with Gasteiger partial charge in [-0.25, -0.2) is 0 Å². The Balaban J connectivity index is 1.74. The Morgan fingerprint density at radius 2 is 1.86 bits per heavy atom. The predicted molar refractivity (Wildman–Crippen MR) is 102 cm³/mol. The second kappa shape index (κ2) is 7.94. The maximum absolute atomic E-state index is 12.7. The maximum atomic E-state index is 12.7. The first kappa shape index (κ1) is 20.4. The van der Waals surface area contributed by atoms with Gasteiger partial charge in [0.2, 0.25) is 5.91 Å². The minimum Gasteiger partial charge on any atom is -0.342 e. The van der Waals surface area contributed by atoms with Gasteiger partial charge in [0, 0.05) is 36.3 Å². The van der Waals surface area contributed by atoms with E-state index in [0.717, 1.165) is 47.6 Å². The van der Waals surface area contributed by atoms with E-state index in [9.17, 15) is 18.0 Å². The molecular formula is C22H25F3N2O. The highest BCUT2D eigenvalue weighted by molar-refractivity contribution is 5.78. The fourth-order valence-electron chi connectivity index (χ4n) is 3.69. The highest BCUT2D eigenvalue weighted by atomic mass is 19.4. The van der Waals surface area contributed by atoms with Crippen LogP contribution in [0.25, 0.3) is 0 Å². The molecule has 28 heavy (non-hydrogen) atoms. The third-order valence-electron chi connectivity index (χ3n) is 5.13. The molecule has 0 saturated carbocycles. The average molecular weight is 390 g/mol. The van der Waals surface area contributed by atoms with Crippen LogP contribution in [0.2, 0.25) is 0 Å². The van der Waals surface area contributed by atoms with Gasteiger partial charge in [0.1, 0.15) is 0 Å². The number of likely N-dealkylation sites (tertiary alicyclic amines) is 1. The standard InChI is InChI=1S/C22H25F3N2O/c1-14(2)21(28)27-9-8-18(13-27)20-12-17(10-15(3)26-20)11-16-4-6-19(7-5-16)22(23,24)25/h4-7,10,12,14,18H,8-9,11,13H2,1-3H3. The van der Waals surface area contributed by atoms with Crippen LogP contribution in [0.15, 0.2) is 36.4 Å². The first-order chi connectivity index (χ1) is 13.1. The Kier molecular flexibility index (Phi) is 5.77. The number of hydrogen-bond acceptors (Lipinski definition) is 2. The van der Waals surface area contributed by atoms with Gasteiger partial charge in [-0.3, -0.25) is 9.78 Å². The number of carbonyl (C=O) groups excluding carboxylic acids is 1. The van der Waals surface area contributed by atoms with Crippen molar-refractivity contribution in [2.24, 2.45) is 5.92 Å². The number of pyridine rings is 1. The van der Waals surface area contributed by atoms with Gasteiger partial charge in [-0.1, -0.05) is 26.0 Å². The number of aromatic nitrogens is 1. The molecule has 6 heteroatoms. The van der Waals surface area contributed by atoms with E-state index in [-0.39, 0.29) is 17.7 Å². The molecule has 1 aliphatic rings. The molecule has 1 aliphatic heterocycles. The zero-order chi connectivity index (χ0) is 20.5. The highest BCUT2D eigenvalue weighted by Gasteiger charge is 2.30. The lowest BCUT2D eigenvalue weighted by atomic mass is 9.98. The summed E-state index contributed by atoms with van der Waals surface area (Å²) in [5.41, 5.74) is 3.06. The highest BCUT2D eigenvalue weighted by Crippen LogP contribution is 2.30. The van der Waals surface area contributed by atoms with E-state index in [2.05, 4.69) is 4.98 Å². The number of hydrogen-bond donors (Lipinski definition) is 0. The Morgan fingerprint density at radius 1 is 1.18 bits per heavy atom. The van der Waals surface area contributed by atoms with E-state index in [4.69, 9.17) is 0 Å². The molecule has 150 valence electrons.